The first-order chi connectivity index (χ1) is 19.6. The highest BCUT2D eigenvalue weighted by atomic mass is 19.4. The van der Waals surface area contributed by atoms with Gasteiger partial charge >= 0.3 is 12.2 Å². The number of halogens is 5. The number of rotatable bonds is 7. The second kappa shape index (κ2) is 14.8. The molecule has 18 heteroatoms. The summed E-state index contributed by atoms with van der Waals surface area (Å²) in [6.07, 6.45) is -6.99. The Morgan fingerprint density at radius 2 is 1.88 bits per heavy atom. The highest BCUT2D eigenvalue weighted by molar-refractivity contribution is 5.92. The van der Waals surface area contributed by atoms with Crippen LogP contribution in [0.3, 0.4) is 0 Å². The van der Waals surface area contributed by atoms with Crippen LogP contribution in [0, 0.1) is 6.92 Å². The van der Waals surface area contributed by atoms with Crippen LogP contribution in [0.2, 0.25) is 0 Å². The van der Waals surface area contributed by atoms with Gasteiger partial charge in [-0.15, -0.1) is 0 Å². The molecule has 2 atom stereocenters. The maximum absolute atomic E-state index is 13.5. The molecule has 13 nitrogen and oxygen atoms in total. The van der Waals surface area contributed by atoms with Crippen LogP contribution >= 0.6 is 0 Å². The van der Waals surface area contributed by atoms with Crippen LogP contribution in [0.4, 0.5) is 26.7 Å². The van der Waals surface area contributed by atoms with Crippen LogP contribution < -0.4 is 10.6 Å². The molecule has 0 aromatic carbocycles. The van der Waals surface area contributed by atoms with Crippen molar-refractivity contribution >= 4 is 23.1 Å². The molecule has 0 aliphatic carbocycles. The van der Waals surface area contributed by atoms with Gasteiger partial charge in [-0.2, -0.15) is 13.2 Å². The zero-order valence-corrected chi connectivity index (χ0v) is 23.8. The fourth-order valence-corrected chi connectivity index (χ4v) is 3.52. The summed E-state index contributed by atoms with van der Waals surface area (Å²) in [5.74, 6) is -2.92. The summed E-state index contributed by atoms with van der Waals surface area (Å²) in [6, 6.07) is 2.58. The smallest absolute Gasteiger partial charge is 0.388 e. The van der Waals surface area contributed by atoms with E-state index in [0.29, 0.717) is 22.7 Å². The number of pyridine rings is 1. The number of H-pyrrole nitrogens is 1. The number of nitrogens with zero attached hydrogens (tertiary/aromatic N) is 5. The summed E-state index contributed by atoms with van der Waals surface area (Å²) in [7, 11) is 4.77. The lowest BCUT2D eigenvalue weighted by atomic mass is 10.2. The van der Waals surface area contributed by atoms with E-state index in [2.05, 4.69) is 45.3 Å². The lowest BCUT2D eigenvalue weighted by Crippen LogP contribution is -2.56. The lowest BCUT2D eigenvalue weighted by Gasteiger charge is -2.32. The number of amides is 3. The number of aryl methyl sites for hydroxylation is 1. The summed E-state index contributed by atoms with van der Waals surface area (Å²) in [5.41, 5.74) is 1.91. The second-order valence-corrected chi connectivity index (χ2v) is 9.25. The third-order valence-electron chi connectivity index (χ3n) is 5.49. The van der Waals surface area contributed by atoms with Gasteiger partial charge < -0.3 is 30.0 Å². The third-order valence-corrected chi connectivity index (χ3v) is 5.49. The highest BCUT2D eigenvalue weighted by Gasteiger charge is 2.39. The Morgan fingerprint density at radius 1 is 1.21 bits per heavy atom. The molecule has 234 valence electrons. The Morgan fingerprint density at radius 3 is 2.45 bits per heavy atom. The van der Waals surface area contributed by atoms with Crippen molar-refractivity contribution in [3.8, 4) is 0 Å². The summed E-state index contributed by atoms with van der Waals surface area (Å²) in [5, 5.41) is 11.4. The molecule has 4 rings (SSSR count). The Labute approximate surface area is 237 Å². The van der Waals surface area contributed by atoms with E-state index in [1.54, 1.807) is 33.3 Å². The molecule has 0 saturated carbocycles. The van der Waals surface area contributed by atoms with Gasteiger partial charge in [-0.05, 0) is 38.1 Å². The maximum Gasteiger partial charge on any atom is 0.414 e. The van der Waals surface area contributed by atoms with E-state index in [9.17, 15) is 31.5 Å². The first kappa shape index (κ1) is 34.3. The Kier molecular flexibility index (Phi) is 12.1. The van der Waals surface area contributed by atoms with Gasteiger partial charge in [-0.1, -0.05) is 5.16 Å². The molecule has 1 fully saturated rings. The summed E-state index contributed by atoms with van der Waals surface area (Å²) < 4.78 is 78.3. The topological polar surface area (TPSA) is 160 Å². The van der Waals surface area contributed by atoms with E-state index < -0.39 is 43.4 Å². The fourth-order valence-electron chi connectivity index (χ4n) is 3.52. The number of alkyl halides is 5. The molecule has 0 radical (unpaired) electrons. The molecule has 3 amide bonds. The molecular weight excluding hydrogens is 575 g/mol. The largest absolute Gasteiger partial charge is 0.414 e. The van der Waals surface area contributed by atoms with E-state index in [4.69, 9.17) is 4.74 Å². The molecule has 0 unspecified atom stereocenters. The second-order valence-electron chi connectivity index (χ2n) is 9.25. The van der Waals surface area contributed by atoms with Crippen LogP contribution in [0.5, 0.6) is 0 Å². The number of carbonyl (C=O) groups is 2. The van der Waals surface area contributed by atoms with Crippen molar-refractivity contribution in [3.63, 3.8) is 0 Å². The number of methoxy groups -OCH3 is 1. The molecule has 3 aromatic heterocycles. The van der Waals surface area contributed by atoms with Crippen molar-refractivity contribution in [1.29, 1.82) is 0 Å². The minimum absolute atomic E-state index is 0.104. The van der Waals surface area contributed by atoms with Crippen molar-refractivity contribution in [3.05, 3.63) is 35.0 Å². The SMILES string of the molecule is CNC(=O)c1nonc1C.COC.C[C@H](Cc1nc2nc(CN3CC(F)(F)CNC3=O)ccc2[nH]1)O[C@H](C)C(F)(F)F. The number of urea groups is 1. The number of nitrogens with one attached hydrogen (secondary N) is 3. The van der Waals surface area contributed by atoms with Gasteiger partial charge in [0.2, 0.25) is 0 Å². The van der Waals surface area contributed by atoms with E-state index >= 15 is 0 Å². The Bertz CT molecular complexity index is 1320. The zero-order chi connectivity index (χ0) is 31.7. The average molecular weight is 609 g/mol. The molecule has 1 aliphatic rings. The summed E-state index contributed by atoms with van der Waals surface area (Å²) in [4.78, 5) is 35.0. The van der Waals surface area contributed by atoms with Gasteiger partial charge in [0.1, 0.15) is 11.5 Å². The van der Waals surface area contributed by atoms with Crippen molar-refractivity contribution in [1.82, 2.24) is 40.8 Å². The van der Waals surface area contributed by atoms with Gasteiger partial charge in [0.15, 0.2) is 17.4 Å². The molecule has 0 bridgehead atoms. The maximum atomic E-state index is 13.5. The van der Waals surface area contributed by atoms with Gasteiger partial charge in [0, 0.05) is 27.7 Å². The minimum Gasteiger partial charge on any atom is -0.388 e. The Hall–Kier alpha value is -3.93. The molecule has 1 saturated heterocycles. The van der Waals surface area contributed by atoms with Crippen molar-refractivity contribution < 1.29 is 45.6 Å². The first-order valence-corrected chi connectivity index (χ1v) is 12.5. The molecule has 0 spiro atoms. The number of ether oxygens (including phenoxy) is 2. The number of carbonyl (C=O) groups excluding carboxylic acids is 2. The number of imidazole rings is 1. The van der Waals surface area contributed by atoms with E-state index in [1.807, 2.05) is 0 Å². The van der Waals surface area contributed by atoms with Crippen LogP contribution in [0.15, 0.2) is 16.8 Å². The molecule has 4 heterocycles. The van der Waals surface area contributed by atoms with E-state index in [-0.39, 0.29) is 30.2 Å². The quantitative estimate of drug-likeness (QED) is 0.343. The number of fused-ring (bicyclic) bond motifs is 1. The zero-order valence-electron chi connectivity index (χ0n) is 23.8. The average Bonchev–Trinajstić information content (AvgIpc) is 3.50. The normalized spacial score (nSPS) is 16.0. The fraction of sp³-hybridized carbons (Fsp3) is 0.583. The number of hydrogen-bond acceptors (Lipinski definition) is 9. The summed E-state index contributed by atoms with van der Waals surface area (Å²) >= 11 is 0. The van der Waals surface area contributed by atoms with Crippen molar-refractivity contribution in [2.75, 3.05) is 34.4 Å². The van der Waals surface area contributed by atoms with Crippen LogP contribution in [0.1, 0.15) is 41.5 Å². The number of hydrogen-bond donors (Lipinski definition) is 3. The molecule has 3 aromatic rings. The molecular formula is C24H33F5N8O5. The van der Waals surface area contributed by atoms with Crippen molar-refractivity contribution in [2.45, 2.75) is 58.0 Å². The molecule has 42 heavy (non-hydrogen) atoms. The highest BCUT2D eigenvalue weighted by Crippen LogP contribution is 2.24. The van der Waals surface area contributed by atoms with Gasteiger partial charge in [0.05, 0.1) is 36.9 Å². The van der Waals surface area contributed by atoms with E-state index in [0.717, 1.165) is 11.8 Å². The van der Waals surface area contributed by atoms with Gasteiger partial charge in [-0.3, -0.25) is 4.79 Å². The first-order valence-electron chi connectivity index (χ1n) is 12.5. The molecule has 1 aliphatic heterocycles. The summed E-state index contributed by atoms with van der Waals surface area (Å²) in [6.45, 7) is 2.55. The van der Waals surface area contributed by atoms with Crippen LogP contribution in [-0.4, -0.2) is 101 Å². The minimum atomic E-state index is -4.45. The number of aromatic nitrogens is 5. The standard InChI is InChI=1S/C17H20F5N5O2.C5H7N3O2.C2H6O/c1-9(29-10(2)17(20,21)22)5-13-25-12-4-3-11(24-14(12)26-13)6-27-8-16(18,19)7-23-15(27)28;1-3-4(5(9)6-2)8-10-7-3;1-3-2/h3-4,9-10H,5-8H2,1-2H3,(H,23,28)(H,24,25,26);1-2H3,(H,6,9);1-2H3/t9-,10-;;/m1../s1. The monoisotopic (exact) mass is 608 g/mol. The van der Waals surface area contributed by atoms with Crippen LogP contribution in [0.25, 0.3) is 11.2 Å². The molecule has 3 N–H and O–H groups in total. The van der Waals surface area contributed by atoms with E-state index in [1.165, 1.54) is 14.0 Å². The lowest BCUT2D eigenvalue weighted by molar-refractivity contribution is -0.224. The third kappa shape index (κ3) is 10.2. The predicted octanol–water partition coefficient (Wildman–Crippen LogP) is 3.02. The van der Waals surface area contributed by atoms with Gasteiger partial charge in [-0.25, -0.2) is 28.2 Å². The van der Waals surface area contributed by atoms with Gasteiger partial charge in [0.25, 0.3) is 11.8 Å². The van der Waals surface area contributed by atoms with Crippen LogP contribution in [-0.2, 0) is 22.4 Å². The predicted molar refractivity (Wildman–Crippen MR) is 138 cm³/mol. The Balaban J connectivity index is 0.000000394. The van der Waals surface area contributed by atoms with Crippen molar-refractivity contribution in [2.24, 2.45) is 0 Å². The number of aromatic amines is 1.